The fraction of sp³-hybridized carbons (Fsp3) is 0.457. The van der Waals surface area contributed by atoms with Crippen molar-refractivity contribution in [3.8, 4) is 11.5 Å². The Labute approximate surface area is 395 Å². The molecule has 4 aliphatic heterocycles. The van der Waals surface area contributed by atoms with Gasteiger partial charge in [0.15, 0.2) is 17.4 Å². The molecule has 366 valence electrons. The van der Waals surface area contributed by atoms with E-state index < -0.39 is 39.1 Å². The number of aliphatic imine (C=N–C) groups is 1. The molecule has 3 aromatic carbocycles. The number of piperidine rings is 2. The van der Waals surface area contributed by atoms with Gasteiger partial charge in [-0.2, -0.15) is 17.8 Å². The monoisotopic (exact) mass is 973 g/mol. The molecule has 4 saturated heterocycles. The predicted molar refractivity (Wildman–Crippen MR) is 252 cm³/mol. The molecule has 3 N–H and O–H groups in total. The highest BCUT2D eigenvalue weighted by atomic mass is 32.2. The van der Waals surface area contributed by atoms with Crippen LogP contribution in [0.25, 0.3) is 21.8 Å². The van der Waals surface area contributed by atoms with Gasteiger partial charge in [0.1, 0.15) is 11.6 Å². The summed E-state index contributed by atoms with van der Waals surface area (Å²) in [5.74, 6) is -1.79. The van der Waals surface area contributed by atoms with Crippen LogP contribution in [0.15, 0.2) is 58.6 Å². The number of nitrogens with one attached hydrogen (secondary N) is 2. The number of anilines is 3. The van der Waals surface area contributed by atoms with Crippen molar-refractivity contribution in [3.63, 3.8) is 0 Å². The predicted octanol–water partition coefficient (Wildman–Crippen LogP) is 4.35. The third-order valence-corrected chi connectivity index (χ3v) is 15.4. The average molecular weight is 974 g/mol. The first kappa shape index (κ1) is 47.5. The Morgan fingerprint density at radius 1 is 1.04 bits per heavy atom. The molecular weight excluding hydrogens is 921 g/mol. The van der Waals surface area contributed by atoms with Gasteiger partial charge in [0.2, 0.25) is 11.8 Å². The molecule has 0 radical (unpaired) electrons. The van der Waals surface area contributed by atoms with E-state index >= 15 is 8.78 Å². The molecule has 69 heavy (non-hydrogen) atoms. The number of aliphatic hydroxyl groups is 1. The lowest BCUT2D eigenvalue weighted by Gasteiger charge is -2.42. The van der Waals surface area contributed by atoms with Gasteiger partial charge in [-0.15, -0.1) is 0 Å². The normalized spacial score (nSPS) is 19.5. The summed E-state index contributed by atoms with van der Waals surface area (Å²) in [6.07, 6.45) is 3.49. The van der Waals surface area contributed by atoms with E-state index in [1.165, 1.54) is 47.1 Å². The van der Waals surface area contributed by atoms with Gasteiger partial charge in [0, 0.05) is 70.7 Å². The van der Waals surface area contributed by atoms with E-state index in [0.29, 0.717) is 67.5 Å². The Balaban J connectivity index is 0.817. The molecule has 2 aromatic heterocycles. The van der Waals surface area contributed by atoms with Gasteiger partial charge in [-0.05, 0) is 81.3 Å². The molecule has 0 unspecified atom stereocenters. The topological polar surface area (TPSA) is 226 Å². The summed E-state index contributed by atoms with van der Waals surface area (Å²) in [6, 6.07) is 8.94. The van der Waals surface area contributed by atoms with Crippen LogP contribution in [0.4, 0.5) is 30.8 Å². The van der Waals surface area contributed by atoms with Crippen LogP contribution in [0.5, 0.6) is 11.5 Å². The van der Waals surface area contributed by atoms with Crippen LogP contribution >= 0.6 is 0 Å². The highest BCUT2D eigenvalue weighted by molar-refractivity contribution is 7.90. The number of ether oxygens (including phenoxy) is 2. The summed E-state index contributed by atoms with van der Waals surface area (Å²) in [6.45, 7) is 6.93. The van der Waals surface area contributed by atoms with E-state index in [0.717, 1.165) is 10.4 Å². The van der Waals surface area contributed by atoms with Gasteiger partial charge < -0.3 is 24.4 Å². The summed E-state index contributed by atoms with van der Waals surface area (Å²) >= 11 is 0. The lowest BCUT2D eigenvalue weighted by molar-refractivity contribution is -0.142. The van der Waals surface area contributed by atoms with Crippen molar-refractivity contribution in [2.75, 3.05) is 67.4 Å². The zero-order valence-electron chi connectivity index (χ0n) is 38.4. The van der Waals surface area contributed by atoms with Crippen LogP contribution < -0.4 is 30.1 Å². The lowest BCUT2D eigenvalue weighted by atomic mass is 9.85. The maximum atomic E-state index is 15.7. The number of halogens is 2. The van der Waals surface area contributed by atoms with E-state index in [-0.39, 0.29) is 109 Å². The number of imide groups is 1. The number of rotatable bonds is 13. The zero-order chi connectivity index (χ0) is 49.0. The number of carbonyl (C=O) groups is 3. The first-order chi connectivity index (χ1) is 32.9. The van der Waals surface area contributed by atoms with Crippen molar-refractivity contribution in [2.45, 2.75) is 75.7 Å². The highest BCUT2D eigenvalue weighted by Crippen LogP contribution is 2.42. The van der Waals surface area contributed by atoms with Gasteiger partial charge in [0.25, 0.3) is 5.56 Å². The number of urea groups is 1. The van der Waals surface area contributed by atoms with Crippen LogP contribution in [-0.2, 0) is 38.1 Å². The SMILES string of the molecule is C=NCc1c(NS(=O)(=O)N(C)CC)ccc(F)c1Oc1ccc2ncn([C@H]3COC4(CCN(C(=O)CC5(O)CCN(c6cc7c(cc6F)c(N6CCC(=O)NC6=O)nn7C)CC5)CC4)C3)c(=O)c2c1. The summed E-state index contributed by atoms with van der Waals surface area (Å²) in [5.41, 5.74) is -0.786. The number of carbonyl (C=O) groups excluding carboxylic acids is 3. The Morgan fingerprint density at radius 2 is 1.80 bits per heavy atom. The number of amides is 4. The minimum absolute atomic E-state index is 0.0594. The van der Waals surface area contributed by atoms with Crippen LogP contribution in [0, 0.1) is 11.6 Å². The largest absolute Gasteiger partial charge is 0.454 e. The number of fused-ring (bicyclic) bond motifs is 2. The molecule has 9 rings (SSSR count). The second-order valence-corrected chi connectivity index (χ2v) is 20.0. The Bertz CT molecular complexity index is 3060. The van der Waals surface area contributed by atoms with Crippen molar-refractivity contribution in [3.05, 3.63) is 76.3 Å². The maximum absolute atomic E-state index is 15.7. The van der Waals surface area contributed by atoms with E-state index in [9.17, 15) is 32.7 Å². The number of likely N-dealkylation sites (tertiary alicyclic amines) is 1. The van der Waals surface area contributed by atoms with E-state index in [2.05, 4.69) is 31.8 Å². The van der Waals surface area contributed by atoms with Crippen molar-refractivity contribution >= 4 is 73.8 Å². The first-order valence-electron chi connectivity index (χ1n) is 22.7. The van der Waals surface area contributed by atoms with E-state index in [4.69, 9.17) is 9.47 Å². The fourth-order valence-corrected chi connectivity index (χ4v) is 10.7. The third-order valence-electron chi connectivity index (χ3n) is 13.9. The smallest absolute Gasteiger partial charge is 0.329 e. The standard InChI is InChI=1S/C46H53F2N11O9S/c1-5-54(3)69(65,66)53-36-9-7-33(47)41(32(36)25-49-2)68-29-6-8-35-30(20-29)43(62)59(27-50-35)28-23-46(67-26-28)13-18-57(19-14-46)40(61)24-45(64)11-16-56(17-12-45)38-22-37-31(21-34(38)48)42(52-55(37)4)58-15-10-39(60)51-44(58)63/h6-9,20-22,27-28,53,64H,2,5,10-19,23-26H2,1,3-4H3,(H,51,60,63)/t28-/m1/s1. The number of hydrogen-bond donors (Lipinski definition) is 3. The van der Waals surface area contributed by atoms with Gasteiger partial charge in [-0.1, -0.05) is 6.92 Å². The van der Waals surface area contributed by atoms with Crippen molar-refractivity contribution in [1.29, 1.82) is 0 Å². The second kappa shape index (κ2) is 18.4. The summed E-state index contributed by atoms with van der Waals surface area (Å²) in [5, 5.41) is 19.0. The molecule has 5 aromatic rings. The fourth-order valence-electron chi connectivity index (χ4n) is 9.72. The number of hydrogen-bond acceptors (Lipinski definition) is 13. The average Bonchev–Trinajstić information content (AvgIpc) is 3.87. The summed E-state index contributed by atoms with van der Waals surface area (Å²) < 4.78 is 75.8. The number of benzene rings is 3. The molecular formula is C46H53F2N11O9S. The molecule has 23 heteroatoms. The lowest BCUT2D eigenvalue weighted by Crippen LogP contribution is -2.51. The Morgan fingerprint density at radius 3 is 2.51 bits per heavy atom. The van der Waals surface area contributed by atoms with Crippen LogP contribution in [-0.4, -0.2) is 131 Å². The molecule has 4 aliphatic rings. The number of nitrogens with zero attached hydrogens (tertiary/aromatic N) is 9. The second-order valence-electron chi connectivity index (χ2n) is 18.2. The van der Waals surface area contributed by atoms with Gasteiger partial charge in [-0.25, -0.2) is 18.6 Å². The highest BCUT2D eigenvalue weighted by Gasteiger charge is 2.45. The molecule has 20 nitrogen and oxygen atoms in total. The molecule has 0 bridgehead atoms. The van der Waals surface area contributed by atoms with Crippen molar-refractivity contribution in [1.82, 2.24) is 33.9 Å². The van der Waals surface area contributed by atoms with Crippen molar-refractivity contribution in [2.24, 2.45) is 12.0 Å². The molecule has 4 fully saturated rings. The van der Waals surface area contributed by atoms with E-state index in [1.54, 1.807) is 35.7 Å². The van der Waals surface area contributed by atoms with Crippen molar-refractivity contribution < 1.29 is 46.2 Å². The van der Waals surface area contributed by atoms with E-state index in [1.807, 2.05) is 4.90 Å². The summed E-state index contributed by atoms with van der Waals surface area (Å²) in [4.78, 5) is 65.2. The molecule has 4 amide bonds. The molecule has 6 heterocycles. The quantitative estimate of drug-likeness (QED) is 0.140. The Kier molecular flexibility index (Phi) is 12.7. The Hall–Kier alpha value is -6.56. The number of aromatic nitrogens is 4. The van der Waals surface area contributed by atoms with Gasteiger partial charge in [-0.3, -0.25) is 43.6 Å². The molecule has 0 aliphatic carbocycles. The van der Waals surface area contributed by atoms with Crippen LogP contribution in [0.3, 0.4) is 0 Å². The van der Waals surface area contributed by atoms with Crippen LogP contribution in [0.1, 0.15) is 63.5 Å². The molecule has 1 atom stereocenters. The van der Waals surface area contributed by atoms with Gasteiger partial charge in [0.05, 0.1) is 70.9 Å². The number of aryl methyl sites for hydroxylation is 1. The summed E-state index contributed by atoms with van der Waals surface area (Å²) in [7, 11) is -0.877. The minimum atomic E-state index is -3.97. The first-order valence-corrected chi connectivity index (χ1v) is 24.2. The molecule has 0 saturated carbocycles. The molecule has 1 spiro atoms. The third kappa shape index (κ3) is 9.22. The minimum Gasteiger partial charge on any atom is -0.454 e. The maximum Gasteiger partial charge on any atom is 0.329 e. The van der Waals surface area contributed by atoms with Gasteiger partial charge >= 0.3 is 16.2 Å². The zero-order valence-corrected chi connectivity index (χ0v) is 39.2. The van der Waals surface area contributed by atoms with Crippen LogP contribution in [0.2, 0.25) is 0 Å².